The number of phenolic OH excluding ortho intramolecular Hbond substituents is 1. The number of hydrogen-bond acceptors (Lipinski definition) is 4. The topological polar surface area (TPSA) is 62.8 Å². The van der Waals surface area contributed by atoms with Crippen molar-refractivity contribution in [2.75, 3.05) is 13.2 Å². The van der Waals surface area contributed by atoms with Crippen LogP contribution in [0, 0.1) is 5.92 Å². The van der Waals surface area contributed by atoms with Crippen molar-refractivity contribution in [2.45, 2.75) is 6.42 Å². The minimum absolute atomic E-state index is 0.00930. The zero-order valence-electron chi connectivity index (χ0n) is 9.95. The summed E-state index contributed by atoms with van der Waals surface area (Å²) in [5.41, 5.74) is 0. The van der Waals surface area contributed by atoms with Gasteiger partial charge in [0.15, 0.2) is 0 Å². The molecule has 1 unspecified atom stereocenters. The predicted molar refractivity (Wildman–Crippen MR) is 66.6 cm³/mol. The largest absolute Gasteiger partial charge is 0.508 e. The molecule has 0 amide bonds. The molecule has 2 N–H and O–H groups in total. The van der Waals surface area contributed by atoms with Gasteiger partial charge < -0.3 is 19.4 Å². The van der Waals surface area contributed by atoms with Gasteiger partial charge in [-0.1, -0.05) is 0 Å². The van der Waals surface area contributed by atoms with Gasteiger partial charge in [0.2, 0.25) is 0 Å². The first-order chi connectivity index (χ1) is 8.78. The lowest BCUT2D eigenvalue weighted by molar-refractivity contribution is 0.158. The van der Waals surface area contributed by atoms with Crippen molar-refractivity contribution in [1.82, 2.24) is 0 Å². The van der Waals surface area contributed by atoms with Gasteiger partial charge in [0.1, 0.15) is 17.3 Å². The first-order valence-electron chi connectivity index (χ1n) is 5.83. The van der Waals surface area contributed by atoms with Crippen molar-refractivity contribution in [1.29, 1.82) is 0 Å². The molecule has 96 valence electrons. The van der Waals surface area contributed by atoms with Crippen LogP contribution >= 0.6 is 0 Å². The highest BCUT2D eigenvalue weighted by Crippen LogP contribution is 2.17. The van der Waals surface area contributed by atoms with Crippen LogP contribution in [0.25, 0.3) is 0 Å². The highest BCUT2D eigenvalue weighted by atomic mass is 16.5. The fourth-order valence-electron chi connectivity index (χ4n) is 1.65. The van der Waals surface area contributed by atoms with E-state index in [1.54, 1.807) is 30.5 Å². The zero-order valence-corrected chi connectivity index (χ0v) is 9.95. The second kappa shape index (κ2) is 6.12. The van der Waals surface area contributed by atoms with Crippen LogP contribution in [0.4, 0.5) is 0 Å². The van der Waals surface area contributed by atoms with E-state index in [1.165, 1.54) is 0 Å². The first-order valence-corrected chi connectivity index (χ1v) is 5.83. The van der Waals surface area contributed by atoms with Crippen LogP contribution in [0.15, 0.2) is 47.1 Å². The second-order valence-electron chi connectivity index (χ2n) is 4.14. The van der Waals surface area contributed by atoms with Crippen LogP contribution in [0.1, 0.15) is 5.76 Å². The summed E-state index contributed by atoms with van der Waals surface area (Å²) in [6, 6.07) is 10.2. The number of aromatic hydroxyl groups is 1. The van der Waals surface area contributed by atoms with Gasteiger partial charge in [-0.25, -0.2) is 0 Å². The van der Waals surface area contributed by atoms with Crippen molar-refractivity contribution in [2.24, 2.45) is 5.92 Å². The number of rotatable bonds is 6. The number of aliphatic hydroxyl groups is 1. The Labute approximate surface area is 105 Å². The van der Waals surface area contributed by atoms with Crippen LogP contribution < -0.4 is 4.74 Å². The quantitative estimate of drug-likeness (QED) is 0.822. The molecule has 18 heavy (non-hydrogen) atoms. The molecule has 0 aliphatic rings. The van der Waals surface area contributed by atoms with Gasteiger partial charge in [-0.05, 0) is 36.4 Å². The summed E-state index contributed by atoms with van der Waals surface area (Å²) >= 11 is 0. The van der Waals surface area contributed by atoms with E-state index < -0.39 is 0 Å². The molecule has 0 radical (unpaired) electrons. The van der Waals surface area contributed by atoms with E-state index in [1.807, 2.05) is 12.1 Å². The van der Waals surface area contributed by atoms with Crippen molar-refractivity contribution in [3.63, 3.8) is 0 Å². The minimum atomic E-state index is -0.00930. The number of ether oxygens (including phenoxy) is 1. The molecule has 1 heterocycles. The summed E-state index contributed by atoms with van der Waals surface area (Å²) in [6.45, 7) is 0.445. The van der Waals surface area contributed by atoms with Crippen molar-refractivity contribution >= 4 is 0 Å². The summed E-state index contributed by atoms with van der Waals surface area (Å²) in [5, 5.41) is 18.4. The van der Waals surface area contributed by atoms with Crippen LogP contribution in [0.3, 0.4) is 0 Å². The molecule has 2 aromatic rings. The van der Waals surface area contributed by atoms with Crippen LogP contribution in [-0.2, 0) is 6.42 Å². The van der Waals surface area contributed by atoms with Crippen molar-refractivity contribution in [3.05, 3.63) is 48.4 Å². The molecule has 0 aliphatic heterocycles. The van der Waals surface area contributed by atoms with Crippen LogP contribution in [-0.4, -0.2) is 23.4 Å². The van der Waals surface area contributed by atoms with Crippen LogP contribution in [0.2, 0.25) is 0 Å². The van der Waals surface area contributed by atoms with Gasteiger partial charge in [0.05, 0.1) is 12.9 Å². The third-order valence-corrected chi connectivity index (χ3v) is 2.65. The predicted octanol–water partition coefficient (Wildman–Crippen LogP) is 2.22. The summed E-state index contributed by atoms with van der Waals surface area (Å²) in [4.78, 5) is 0. The second-order valence-corrected chi connectivity index (χ2v) is 4.14. The molecule has 1 aromatic carbocycles. The number of hydrogen-bond donors (Lipinski definition) is 2. The lowest BCUT2D eigenvalue weighted by Crippen LogP contribution is -2.18. The number of benzene rings is 1. The first kappa shape index (κ1) is 12.5. The smallest absolute Gasteiger partial charge is 0.119 e. The molecule has 0 saturated heterocycles. The van der Waals surface area contributed by atoms with E-state index in [-0.39, 0.29) is 18.3 Å². The molecular formula is C14H16O4. The molecule has 0 fully saturated rings. The molecule has 1 aromatic heterocycles. The lowest BCUT2D eigenvalue weighted by Gasteiger charge is -2.14. The molecule has 2 rings (SSSR count). The molecule has 0 spiro atoms. The fourth-order valence-corrected chi connectivity index (χ4v) is 1.65. The number of aliphatic hydroxyl groups excluding tert-OH is 1. The Morgan fingerprint density at radius 3 is 2.56 bits per heavy atom. The zero-order chi connectivity index (χ0) is 12.8. The summed E-state index contributed by atoms with van der Waals surface area (Å²) in [6.07, 6.45) is 2.26. The lowest BCUT2D eigenvalue weighted by atomic mass is 10.1. The standard InChI is InChI=1S/C14H16O4/c15-9-11(8-14-2-1-7-17-14)10-18-13-5-3-12(16)4-6-13/h1-7,11,15-16H,8-10H2. The van der Waals surface area contributed by atoms with Crippen LogP contribution in [0.5, 0.6) is 11.5 Å². The Kier molecular flexibility index (Phi) is 4.25. The molecule has 1 atom stereocenters. The highest BCUT2D eigenvalue weighted by molar-refractivity contribution is 5.30. The molecular weight excluding hydrogens is 232 g/mol. The normalized spacial score (nSPS) is 12.3. The highest BCUT2D eigenvalue weighted by Gasteiger charge is 2.11. The Hall–Kier alpha value is -1.94. The molecule has 0 saturated carbocycles. The SMILES string of the molecule is OCC(COc1ccc(O)cc1)Cc1ccco1. The Morgan fingerprint density at radius 2 is 1.94 bits per heavy atom. The average molecular weight is 248 g/mol. The molecule has 0 aliphatic carbocycles. The van der Waals surface area contributed by atoms with E-state index in [0.29, 0.717) is 18.8 Å². The van der Waals surface area contributed by atoms with Crippen molar-refractivity contribution in [3.8, 4) is 11.5 Å². The summed E-state index contributed by atoms with van der Waals surface area (Å²) in [7, 11) is 0. The van der Waals surface area contributed by atoms with E-state index in [0.717, 1.165) is 5.76 Å². The van der Waals surface area contributed by atoms with Gasteiger partial charge >= 0.3 is 0 Å². The van der Waals surface area contributed by atoms with Gasteiger partial charge in [0.25, 0.3) is 0 Å². The van der Waals surface area contributed by atoms with E-state index in [4.69, 9.17) is 14.3 Å². The Bertz CT molecular complexity index is 447. The maximum Gasteiger partial charge on any atom is 0.119 e. The third kappa shape index (κ3) is 3.53. The molecule has 4 heteroatoms. The van der Waals surface area contributed by atoms with E-state index in [2.05, 4.69) is 0 Å². The monoisotopic (exact) mass is 248 g/mol. The summed E-state index contributed by atoms with van der Waals surface area (Å²) in [5.74, 6) is 1.70. The van der Waals surface area contributed by atoms with Gasteiger partial charge in [-0.2, -0.15) is 0 Å². The van der Waals surface area contributed by atoms with Gasteiger partial charge in [-0.3, -0.25) is 0 Å². The van der Waals surface area contributed by atoms with E-state index in [9.17, 15) is 5.11 Å². The van der Waals surface area contributed by atoms with E-state index >= 15 is 0 Å². The maximum atomic E-state index is 9.29. The van der Waals surface area contributed by atoms with Gasteiger partial charge in [0, 0.05) is 18.9 Å². The number of phenols is 1. The summed E-state index contributed by atoms with van der Waals surface area (Å²) < 4.78 is 10.8. The Balaban J connectivity index is 1.85. The fraction of sp³-hybridized carbons (Fsp3) is 0.286. The third-order valence-electron chi connectivity index (χ3n) is 2.65. The molecule has 4 nitrogen and oxygen atoms in total. The number of furan rings is 1. The minimum Gasteiger partial charge on any atom is -0.508 e. The average Bonchev–Trinajstić information content (AvgIpc) is 2.89. The molecule has 0 bridgehead atoms. The Morgan fingerprint density at radius 1 is 1.17 bits per heavy atom. The van der Waals surface area contributed by atoms with Gasteiger partial charge in [-0.15, -0.1) is 0 Å². The maximum absolute atomic E-state index is 9.29. The van der Waals surface area contributed by atoms with Crippen molar-refractivity contribution < 1.29 is 19.4 Å².